The smallest absolute Gasteiger partial charge is 0.153 e. The maximum absolute atomic E-state index is 4.43. The summed E-state index contributed by atoms with van der Waals surface area (Å²) in [6, 6.07) is 24.5. The molecule has 0 aliphatic heterocycles. The Kier molecular flexibility index (Phi) is 3.88. The van der Waals surface area contributed by atoms with Gasteiger partial charge in [0.25, 0.3) is 0 Å². The van der Waals surface area contributed by atoms with Crippen LogP contribution < -0.4 is 5.32 Å². The first kappa shape index (κ1) is 15.7. The molecule has 27 heavy (non-hydrogen) atoms. The van der Waals surface area contributed by atoms with Gasteiger partial charge in [0.1, 0.15) is 6.33 Å². The van der Waals surface area contributed by atoms with Crippen molar-refractivity contribution in [2.24, 2.45) is 0 Å². The van der Waals surface area contributed by atoms with E-state index in [1.165, 1.54) is 10.4 Å². The van der Waals surface area contributed by atoms with E-state index in [1.54, 1.807) is 17.7 Å². The fourth-order valence-corrected chi connectivity index (χ4v) is 4.02. The molecule has 0 radical (unpaired) electrons. The van der Waals surface area contributed by atoms with Gasteiger partial charge in [-0.1, -0.05) is 60.7 Å². The van der Waals surface area contributed by atoms with Gasteiger partial charge in [-0.2, -0.15) is 5.10 Å². The van der Waals surface area contributed by atoms with Gasteiger partial charge in [-0.3, -0.25) is 5.10 Å². The van der Waals surface area contributed by atoms with Crippen LogP contribution in [0.2, 0.25) is 0 Å². The summed E-state index contributed by atoms with van der Waals surface area (Å²) < 4.78 is 1.01. The minimum absolute atomic E-state index is 0.725. The number of thiophene rings is 1. The van der Waals surface area contributed by atoms with Crippen LogP contribution in [0.3, 0.4) is 0 Å². The quantitative estimate of drug-likeness (QED) is 0.439. The summed E-state index contributed by atoms with van der Waals surface area (Å²) in [4.78, 5) is 10.0. The normalized spacial score (nSPS) is 11.0. The van der Waals surface area contributed by atoms with E-state index in [0.29, 0.717) is 0 Å². The zero-order valence-electron chi connectivity index (χ0n) is 14.3. The molecule has 0 saturated carbocycles. The summed E-state index contributed by atoms with van der Waals surface area (Å²) in [7, 11) is 0. The number of hydrogen-bond donors (Lipinski definition) is 2. The number of benzene rings is 2. The molecule has 0 bridgehead atoms. The Bertz CT molecular complexity index is 1200. The fraction of sp³-hybridized carbons (Fsp3) is 0. The molecule has 0 spiro atoms. The lowest BCUT2D eigenvalue weighted by Crippen LogP contribution is -1.94. The van der Waals surface area contributed by atoms with Gasteiger partial charge < -0.3 is 5.32 Å². The molecule has 130 valence electrons. The number of nitrogens with one attached hydrogen (secondary N) is 2. The number of H-pyrrole nitrogens is 1. The van der Waals surface area contributed by atoms with Crippen LogP contribution >= 0.6 is 11.3 Å². The largest absolute Gasteiger partial charge is 0.322 e. The van der Waals surface area contributed by atoms with Crippen molar-refractivity contribution in [3.8, 4) is 21.7 Å². The highest BCUT2D eigenvalue weighted by Gasteiger charge is 2.12. The van der Waals surface area contributed by atoms with Crippen LogP contribution in [-0.4, -0.2) is 20.2 Å². The average molecular weight is 369 g/mol. The second kappa shape index (κ2) is 6.66. The number of fused-ring (bicyclic) bond motifs is 1. The second-order valence-electron chi connectivity index (χ2n) is 6.07. The first-order chi connectivity index (χ1) is 13.4. The maximum Gasteiger partial charge on any atom is 0.153 e. The van der Waals surface area contributed by atoms with Crippen molar-refractivity contribution in [1.82, 2.24) is 20.2 Å². The Balaban J connectivity index is 1.49. The minimum atomic E-state index is 0.725. The summed E-state index contributed by atoms with van der Waals surface area (Å²) >= 11 is 1.67. The highest BCUT2D eigenvalue weighted by atomic mass is 32.1. The summed E-state index contributed by atoms with van der Waals surface area (Å²) in [6.45, 7) is 0. The Morgan fingerprint density at radius 3 is 2.33 bits per heavy atom. The molecule has 5 rings (SSSR count). The zero-order valence-corrected chi connectivity index (χ0v) is 15.1. The van der Waals surface area contributed by atoms with Crippen LogP contribution in [0.25, 0.3) is 31.9 Å². The summed E-state index contributed by atoms with van der Waals surface area (Å²) in [5.74, 6) is 1.49. The van der Waals surface area contributed by atoms with Crippen LogP contribution in [0.1, 0.15) is 0 Å². The van der Waals surface area contributed by atoms with Crippen LogP contribution in [0.15, 0.2) is 79.1 Å². The molecular formula is C21H15N5S. The summed E-state index contributed by atoms with van der Waals surface area (Å²) in [6.07, 6.45) is 1.58. The van der Waals surface area contributed by atoms with E-state index in [-0.39, 0.29) is 0 Å². The molecular weight excluding hydrogens is 354 g/mol. The van der Waals surface area contributed by atoms with E-state index in [9.17, 15) is 0 Å². The molecule has 3 heterocycles. The predicted octanol–water partition coefficient (Wildman–Crippen LogP) is 5.49. The number of rotatable bonds is 4. The molecule has 0 amide bonds. The Labute approximate surface area is 159 Å². The summed E-state index contributed by atoms with van der Waals surface area (Å²) in [5, 5.41) is 10.8. The van der Waals surface area contributed by atoms with Crippen molar-refractivity contribution >= 4 is 33.2 Å². The Hall–Kier alpha value is -3.51. The molecule has 2 aromatic carbocycles. The third-order valence-electron chi connectivity index (χ3n) is 4.28. The standard InChI is InChI=1S/C21H15N5S/c1-3-7-14(8-4-1)16-12-19(26-25-16)24-21-20-17(22-13-23-21)11-18(27-20)15-9-5-2-6-10-15/h1-13H,(H2,22,23,24,25,26). The monoisotopic (exact) mass is 369 g/mol. The molecule has 0 aliphatic rings. The van der Waals surface area contributed by atoms with Crippen molar-refractivity contribution in [3.63, 3.8) is 0 Å². The topological polar surface area (TPSA) is 66.5 Å². The third kappa shape index (κ3) is 3.07. The van der Waals surface area contributed by atoms with E-state index < -0.39 is 0 Å². The van der Waals surface area contributed by atoms with E-state index >= 15 is 0 Å². The second-order valence-corrected chi connectivity index (χ2v) is 7.12. The number of aromatic nitrogens is 4. The fourth-order valence-electron chi connectivity index (χ4n) is 2.96. The minimum Gasteiger partial charge on any atom is -0.322 e. The first-order valence-electron chi connectivity index (χ1n) is 8.55. The molecule has 0 atom stereocenters. The predicted molar refractivity (Wildman–Crippen MR) is 110 cm³/mol. The van der Waals surface area contributed by atoms with E-state index in [4.69, 9.17) is 0 Å². The maximum atomic E-state index is 4.43. The van der Waals surface area contributed by atoms with Crippen molar-refractivity contribution in [3.05, 3.63) is 79.1 Å². The van der Waals surface area contributed by atoms with E-state index in [0.717, 1.165) is 33.1 Å². The number of hydrogen-bond acceptors (Lipinski definition) is 5. The molecule has 0 aliphatic carbocycles. The van der Waals surface area contributed by atoms with Gasteiger partial charge in [-0.05, 0) is 17.2 Å². The van der Waals surface area contributed by atoms with Gasteiger partial charge in [-0.15, -0.1) is 11.3 Å². The summed E-state index contributed by atoms with van der Waals surface area (Å²) in [5.41, 5.74) is 4.15. The number of anilines is 2. The molecule has 3 aromatic heterocycles. The first-order valence-corrected chi connectivity index (χ1v) is 9.36. The zero-order chi connectivity index (χ0) is 18.1. The van der Waals surface area contributed by atoms with Crippen LogP contribution in [0, 0.1) is 0 Å². The van der Waals surface area contributed by atoms with Gasteiger partial charge in [0.05, 0.1) is 15.9 Å². The van der Waals surface area contributed by atoms with Crippen molar-refractivity contribution < 1.29 is 0 Å². The van der Waals surface area contributed by atoms with E-state index in [2.05, 4.69) is 43.7 Å². The van der Waals surface area contributed by atoms with Crippen LogP contribution in [0.5, 0.6) is 0 Å². The number of nitrogens with zero attached hydrogens (tertiary/aromatic N) is 3. The Morgan fingerprint density at radius 2 is 1.56 bits per heavy atom. The third-order valence-corrected chi connectivity index (χ3v) is 5.46. The van der Waals surface area contributed by atoms with Gasteiger partial charge in [0.2, 0.25) is 0 Å². The lowest BCUT2D eigenvalue weighted by Gasteiger charge is -2.01. The van der Waals surface area contributed by atoms with Crippen LogP contribution in [0.4, 0.5) is 11.6 Å². The molecule has 0 fully saturated rings. The molecule has 0 unspecified atom stereocenters. The molecule has 2 N–H and O–H groups in total. The van der Waals surface area contributed by atoms with Crippen LogP contribution in [-0.2, 0) is 0 Å². The van der Waals surface area contributed by atoms with Gasteiger partial charge in [-0.25, -0.2) is 9.97 Å². The van der Waals surface area contributed by atoms with Crippen molar-refractivity contribution in [2.45, 2.75) is 0 Å². The highest BCUT2D eigenvalue weighted by molar-refractivity contribution is 7.22. The molecule has 5 nitrogen and oxygen atoms in total. The lowest BCUT2D eigenvalue weighted by molar-refractivity contribution is 1.09. The van der Waals surface area contributed by atoms with Gasteiger partial charge in [0, 0.05) is 10.9 Å². The SMILES string of the molecule is c1ccc(-c2cc(Nc3ncnc4cc(-c5ccccc5)sc34)n[nH]2)cc1. The van der Waals surface area contributed by atoms with Gasteiger partial charge >= 0.3 is 0 Å². The van der Waals surface area contributed by atoms with Crippen molar-refractivity contribution in [2.75, 3.05) is 5.32 Å². The molecule has 6 heteroatoms. The lowest BCUT2D eigenvalue weighted by atomic mass is 10.2. The number of aromatic amines is 1. The molecule has 0 saturated heterocycles. The average Bonchev–Trinajstić information content (AvgIpc) is 3.37. The highest BCUT2D eigenvalue weighted by Crippen LogP contribution is 2.36. The van der Waals surface area contributed by atoms with E-state index in [1.807, 2.05) is 54.6 Å². The Morgan fingerprint density at radius 1 is 0.815 bits per heavy atom. The molecule has 5 aromatic rings. The van der Waals surface area contributed by atoms with Crippen molar-refractivity contribution in [1.29, 1.82) is 0 Å². The van der Waals surface area contributed by atoms with Gasteiger partial charge in [0.15, 0.2) is 11.6 Å².